The highest BCUT2D eigenvalue weighted by molar-refractivity contribution is 8.00. The largest absolute Gasteiger partial charge is 0.451 e. The maximum atomic E-state index is 12.9. The van der Waals surface area contributed by atoms with Crippen LogP contribution in [0.1, 0.15) is 29.6 Å². The average Bonchev–Trinajstić information content (AvgIpc) is 3.06. The first-order valence-electron chi connectivity index (χ1n) is 9.79. The Morgan fingerprint density at radius 3 is 2.70 bits per heavy atom. The number of hydrogen-bond donors (Lipinski definition) is 0. The van der Waals surface area contributed by atoms with Crippen molar-refractivity contribution in [1.29, 1.82) is 0 Å². The van der Waals surface area contributed by atoms with Gasteiger partial charge in [0.1, 0.15) is 5.76 Å². The number of carbonyl (C=O) groups excluding carboxylic acids is 2. The van der Waals surface area contributed by atoms with Gasteiger partial charge in [0.25, 0.3) is 5.91 Å². The average molecular weight is 423 g/mol. The molecule has 6 nitrogen and oxygen atoms in total. The summed E-state index contributed by atoms with van der Waals surface area (Å²) in [6, 6.07) is 17.1. The van der Waals surface area contributed by atoms with Crippen LogP contribution in [-0.2, 0) is 9.53 Å². The summed E-state index contributed by atoms with van der Waals surface area (Å²) in [5.74, 6) is -0.219. The second-order valence-electron chi connectivity index (χ2n) is 7.10. The summed E-state index contributed by atoms with van der Waals surface area (Å²) in [5.41, 5.74) is 1.71. The lowest BCUT2D eigenvalue weighted by molar-refractivity contribution is -0.121. The summed E-state index contributed by atoms with van der Waals surface area (Å²) in [4.78, 5) is 32.4. The fraction of sp³-hybridized carbons (Fsp3) is 0.261. The van der Waals surface area contributed by atoms with Gasteiger partial charge in [-0.15, -0.1) is 11.8 Å². The zero-order chi connectivity index (χ0) is 21.1. The zero-order valence-electron chi connectivity index (χ0n) is 16.8. The molecule has 0 N–H and O–H groups in total. The van der Waals surface area contributed by atoms with Crippen LogP contribution in [0.3, 0.4) is 0 Å². The van der Waals surface area contributed by atoms with Crippen molar-refractivity contribution in [2.75, 3.05) is 18.1 Å². The van der Waals surface area contributed by atoms with Crippen LogP contribution >= 0.6 is 11.8 Å². The Bertz CT molecular complexity index is 1060. The maximum Gasteiger partial charge on any atom is 0.361 e. The van der Waals surface area contributed by atoms with E-state index in [0.29, 0.717) is 23.4 Å². The summed E-state index contributed by atoms with van der Waals surface area (Å²) < 4.78 is 10.9. The van der Waals surface area contributed by atoms with E-state index in [2.05, 4.69) is 11.9 Å². The number of fused-ring (bicyclic) bond motifs is 1. The first-order valence-corrected chi connectivity index (χ1v) is 10.7. The van der Waals surface area contributed by atoms with Gasteiger partial charge in [-0.05, 0) is 37.6 Å². The topological polar surface area (TPSA) is 72.6 Å². The van der Waals surface area contributed by atoms with E-state index >= 15 is 0 Å². The van der Waals surface area contributed by atoms with Crippen molar-refractivity contribution in [3.63, 3.8) is 0 Å². The Kier molecular flexibility index (Phi) is 5.90. The Hall–Kier alpha value is -3.06. The van der Waals surface area contributed by atoms with Crippen LogP contribution in [-0.4, -0.2) is 35.3 Å². The fourth-order valence-electron chi connectivity index (χ4n) is 3.31. The number of thioether (sulfide) groups is 1. The molecule has 0 saturated carbocycles. The molecule has 1 aliphatic heterocycles. The Balaban J connectivity index is 1.46. The smallest absolute Gasteiger partial charge is 0.361 e. The lowest BCUT2D eigenvalue weighted by atomic mass is 10.2. The summed E-state index contributed by atoms with van der Waals surface area (Å²) in [6.07, 6.45) is 0.863. The van der Waals surface area contributed by atoms with Crippen molar-refractivity contribution in [3.8, 4) is 11.5 Å². The van der Waals surface area contributed by atoms with Crippen molar-refractivity contribution >= 4 is 29.3 Å². The Morgan fingerprint density at radius 1 is 1.17 bits per heavy atom. The van der Waals surface area contributed by atoms with E-state index in [-0.39, 0.29) is 18.2 Å². The highest BCUT2D eigenvalue weighted by atomic mass is 32.2. The van der Waals surface area contributed by atoms with Gasteiger partial charge in [0.15, 0.2) is 12.3 Å². The van der Waals surface area contributed by atoms with Gasteiger partial charge >= 0.3 is 5.97 Å². The molecule has 1 aliphatic rings. The van der Waals surface area contributed by atoms with Crippen molar-refractivity contribution in [3.05, 3.63) is 66.1 Å². The minimum absolute atomic E-state index is 0.0853. The number of hydrogen-bond acceptors (Lipinski definition) is 6. The van der Waals surface area contributed by atoms with Crippen molar-refractivity contribution in [2.24, 2.45) is 0 Å². The number of anilines is 1. The molecule has 0 spiro atoms. The third-order valence-electron chi connectivity index (χ3n) is 4.88. The van der Waals surface area contributed by atoms with Crippen LogP contribution in [0.5, 0.6) is 0 Å². The van der Waals surface area contributed by atoms with Crippen LogP contribution in [0.15, 0.2) is 63.9 Å². The van der Waals surface area contributed by atoms with Gasteiger partial charge in [-0.25, -0.2) is 9.78 Å². The third-order valence-corrected chi connectivity index (χ3v) is 6.12. The van der Waals surface area contributed by atoms with Crippen LogP contribution < -0.4 is 4.90 Å². The Labute approximate surface area is 179 Å². The van der Waals surface area contributed by atoms with Gasteiger partial charge in [0.05, 0.1) is 5.69 Å². The molecule has 2 aromatic carbocycles. The van der Waals surface area contributed by atoms with E-state index in [0.717, 1.165) is 22.6 Å². The number of ether oxygens (including phenoxy) is 1. The van der Waals surface area contributed by atoms with Crippen molar-refractivity contribution in [2.45, 2.75) is 30.4 Å². The van der Waals surface area contributed by atoms with Gasteiger partial charge in [-0.3, -0.25) is 4.79 Å². The van der Waals surface area contributed by atoms with Gasteiger partial charge in [0, 0.05) is 22.3 Å². The minimum Gasteiger partial charge on any atom is -0.451 e. The first-order chi connectivity index (χ1) is 14.5. The number of nitrogens with zero attached hydrogens (tertiary/aromatic N) is 2. The molecule has 2 heterocycles. The predicted molar refractivity (Wildman–Crippen MR) is 116 cm³/mol. The lowest BCUT2D eigenvalue weighted by Crippen LogP contribution is -2.35. The molecule has 4 rings (SSSR count). The highest BCUT2D eigenvalue weighted by Crippen LogP contribution is 2.37. The van der Waals surface area contributed by atoms with Crippen LogP contribution in [0.25, 0.3) is 11.5 Å². The van der Waals surface area contributed by atoms with E-state index in [9.17, 15) is 9.59 Å². The van der Waals surface area contributed by atoms with E-state index in [1.54, 1.807) is 23.6 Å². The molecule has 1 atom stereocenters. The SMILES string of the molecule is Cc1oc(-c2ccccc2)nc1C(=O)OCC(=O)N1CC[C@H](C)Sc2ccccc21. The number of carbonyl (C=O) groups is 2. The number of esters is 1. The van der Waals surface area contributed by atoms with Crippen LogP contribution in [0.2, 0.25) is 0 Å². The molecule has 7 heteroatoms. The molecular weight excluding hydrogens is 400 g/mol. The molecule has 0 radical (unpaired) electrons. The van der Waals surface area contributed by atoms with Crippen molar-refractivity contribution in [1.82, 2.24) is 4.98 Å². The number of oxazole rings is 1. The molecule has 0 saturated heterocycles. The maximum absolute atomic E-state index is 12.9. The third kappa shape index (κ3) is 4.26. The number of para-hydroxylation sites is 1. The van der Waals surface area contributed by atoms with E-state index < -0.39 is 5.97 Å². The summed E-state index contributed by atoms with van der Waals surface area (Å²) in [6.45, 7) is 4.04. The number of benzene rings is 2. The van der Waals surface area contributed by atoms with Gasteiger partial charge in [-0.1, -0.05) is 37.3 Å². The molecule has 3 aromatic rings. The molecule has 30 heavy (non-hydrogen) atoms. The number of amides is 1. The van der Waals surface area contributed by atoms with Crippen molar-refractivity contribution < 1.29 is 18.7 Å². The zero-order valence-corrected chi connectivity index (χ0v) is 17.6. The van der Waals surface area contributed by atoms with Gasteiger partial charge in [0.2, 0.25) is 5.89 Å². The van der Waals surface area contributed by atoms with E-state index in [1.807, 2.05) is 54.6 Å². The monoisotopic (exact) mass is 422 g/mol. The summed E-state index contributed by atoms with van der Waals surface area (Å²) in [5, 5.41) is 0.403. The van der Waals surface area contributed by atoms with E-state index in [1.165, 1.54) is 0 Å². The molecule has 0 bridgehead atoms. The summed E-state index contributed by atoms with van der Waals surface area (Å²) in [7, 11) is 0. The number of rotatable bonds is 4. The normalized spacial score (nSPS) is 15.9. The van der Waals surface area contributed by atoms with Gasteiger partial charge < -0.3 is 14.1 Å². The first kappa shape index (κ1) is 20.2. The molecular formula is C23H22N2O4S. The predicted octanol–water partition coefficient (Wildman–Crippen LogP) is 4.72. The Morgan fingerprint density at radius 2 is 1.90 bits per heavy atom. The molecule has 154 valence electrons. The molecule has 1 amide bonds. The van der Waals surface area contributed by atoms with Gasteiger partial charge in [-0.2, -0.15) is 0 Å². The molecule has 0 unspecified atom stereocenters. The van der Waals surface area contributed by atoms with Crippen LogP contribution in [0, 0.1) is 6.92 Å². The lowest BCUT2D eigenvalue weighted by Gasteiger charge is -2.22. The van der Waals surface area contributed by atoms with Crippen LogP contribution in [0.4, 0.5) is 5.69 Å². The second-order valence-corrected chi connectivity index (χ2v) is 8.58. The van der Waals surface area contributed by atoms with E-state index in [4.69, 9.17) is 9.15 Å². The minimum atomic E-state index is -0.669. The number of aromatic nitrogens is 1. The molecule has 1 aromatic heterocycles. The number of aryl methyl sites for hydroxylation is 1. The molecule has 0 fully saturated rings. The fourth-order valence-corrected chi connectivity index (χ4v) is 4.42. The highest BCUT2D eigenvalue weighted by Gasteiger charge is 2.26. The summed E-state index contributed by atoms with van der Waals surface area (Å²) >= 11 is 1.75. The molecule has 0 aliphatic carbocycles. The standard InChI is InChI=1S/C23H22N2O4S/c1-15-12-13-25(18-10-6-7-11-19(18)30-15)20(26)14-28-23(27)21-16(2)29-22(24-21)17-8-4-3-5-9-17/h3-11,15H,12-14H2,1-2H3/t15-/m0/s1. The quantitative estimate of drug-likeness (QED) is 0.566. The second kappa shape index (κ2) is 8.75.